The molecule has 0 unspecified atom stereocenters. The number of primary amides is 1. The molecule has 7 heteroatoms. The van der Waals surface area contributed by atoms with Gasteiger partial charge in [-0.2, -0.15) is 0 Å². The highest BCUT2D eigenvalue weighted by molar-refractivity contribution is 5.89. The lowest BCUT2D eigenvalue weighted by molar-refractivity contribution is -0.136. The standard InChI is InChI=1S/C12H21N3O4.2C2H6.C2H2/c1-12(2,3)19-11(18)14-7-9(16)15-6-4-5-8(15)10(13)17;3*1-2/h8H,4-7H2,1-3H3,(H2,13,17)(H,14,18);2*1-2H3;1-2H/t8-;;;/m0.../s1. The van der Waals surface area contributed by atoms with Crippen LogP contribution in [0, 0.1) is 12.8 Å². The molecule has 146 valence electrons. The normalized spacial score (nSPS) is 15.1. The first-order valence-corrected chi connectivity index (χ1v) is 8.59. The van der Waals surface area contributed by atoms with Crippen molar-refractivity contribution in [2.75, 3.05) is 13.1 Å². The summed E-state index contributed by atoms with van der Waals surface area (Å²) >= 11 is 0. The number of amides is 3. The largest absolute Gasteiger partial charge is 0.444 e. The number of carbonyl (C=O) groups is 3. The third-order valence-corrected chi connectivity index (χ3v) is 2.68. The summed E-state index contributed by atoms with van der Waals surface area (Å²) in [6.07, 6.45) is 8.66. The monoisotopic (exact) mass is 357 g/mol. The Kier molecular flexibility index (Phi) is 16.9. The summed E-state index contributed by atoms with van der Waals surface area (Å²) in [5.41, 5.74) is 4.61. The van der Waals surface area contributed by atoms with Crippen LogP contribution in [0.5, 0.6) is 0 Å². The second-order valence-electron chi connectivity index (χ2n) is 5.50. The zero-order chi connectivity index (χ0) is 20.6. The van der Waals surface area contributed by atoms with Crippen LogP contribution in [0.15, 0.2) is 0 Å². The number of nitrogens with one attached hydrogen (secondary N) is 1. The molecule has 1 saturated heterocycles. The van der Waals surface area contributed by atoms with E-state index in [0.717, 1.165) is 6.42 Å². The van der Waals surface area contributed by atoms with Crippen LogP contribution in [-0.4, -0.2) is 47.5 Å². The van der Waals surface area contributed by atoms with Crippen molar-refractivity contribution in [3.05, 3.63) is 0 Å². The average molecular weight is 357 g/mol. The number of terminal acetylenes is 1. The van der Waals surface area contributed by atoms with Crippen molar-refractivity contribution in [1.29, 1.82) is 0 Å². The maximum Gasteiger partial charge on any atom is 0.408 e. The van der Waals surface area contributed by atoms with Gasteiger partial charge in [-0.1, -0.05) is 27.7 Å². The molecule has 7 nitrogen and oxygen atoms in total. The van der Waals surface area contributed by atoms with Crippen LogP contribution in [0.1, 0.15) is 61.3 Å². The zero-order valence-electron chi connectivity index (χ0n) is 16.7. The molecule has 0 bridgehead atoms. The van der Waals surface area contributed by atoms with E-state index in [2.05, 4.69) is 18.2 Å². The fraction of sp³-hybridized carbons (Fsp3) is 0.722. The topological polar surface area (TPSA) is 102 Å². The molecule has 0 saturated carbocycles. The molecule has 1 atom stereocenters. The van der Waals surface area contributed by atoms with E-state index in [0.29, 0.717) is 13.0 Å². The number of hydrogen-bond donors (Lipinski definition) is 2. The predicted octanol–water partition coefficient (Wildman–Crippen LogP) is 2.29. The maximum atomic E-state index is 11.9. The molecule has 0 aromatic rings. The quantitative estimate of drug-likeness (QED) is 0.757. The second kappa shape index (κ2) is 15.3. The third-order valence-electron chi connectivity index (χ3n) is 2.68. The number of hydrogen-bond acceptors (Lipinski definition) is 4. The SMILES string of the molecule is C#C.CC.CC.CC(C)(C)OC(=O)NCC(=O)N1CCC[C@H]1C(N)=O. The molecular weight excluding hydrogens is 322 g/mol. The molecule has 3 N–H and O–H groups in total. The highest BCUT2D eigenvalue weighted by Crippen LogP contribution is 2.16. The van der Waals surface area contributed by atoms with Crippen molar-refractivity contribution in [2.24, 2.45) is 5.73 Å². The van der Waals surface area contributed by atoms with Crippen LogP contribution in [0.25, 0.3) is 0 Å². The van der Waals surface area contributed by atoms with Crippen molar-refractivity contribution >= 4 is 17.9 Å². The van der Waals surface area contributed by atoms with Gasteiger partial charge < -0.3 is 20.7 Å². The lowest BCUT2D eigenvalue weighted by Gasteiger charge is -2.23. The van der Waals surface area contributed by atoms with Crippen LogP contribution in [0.2, 0.25) is 0 Å². The summed E-state index contributed by atoms with van der Waals surface area (Å²) in [6.45, 7) is 13.5. The van der Waals surface area contributed by atoms with E-state index in [1.165, 1.54) is 4.90 Å². The Hall–Kier alpha value is -2.23. The van der Waals surface area contributed by atoms with E-state index in [-0.39, 0.29) is 12.5 Å². The van der Waals surface area contributed by atoms with Gasteiger partial charge in [0.1, 0.15) is 18.2 Å². The van der Waals surface area contributed by atoms with Gasteiger partial charge in [0.15, 0.2) is 0 Å². The number of alkyl carbamates (subject to hydrolysis) is 1. The minimum atomic E-state index is -0.657. The van der Waals surface area contributed by atoms with Crippen molar-refractivity contribution in [3.63, 3.8) is 0 Å². The first-order valence-electron chi connectivity index (χ1n) is 8.59. The number of rotatable bonds is 3. The lowest BCUT2D eigenvalue weighted by atomic mass is 10.2. The minimum Gasteiger partial charge on any atom is -0.444 e. The molecule has 25 heavy (non-hydrogen) atoms. The van der Waals surface area contributed by atoms with Crippen LogP contribution < -0.4 is 11.1 Å². The lowest BCUT2D eigenvalue weighted by Crippen LogP contribution is -2.48. The van der Waals surface area contributed by atoms with Crippen molar-refractivity contribution < 1.29 is 19.1 Å². The molecule has 1 aliphatic rings. The van der Waals surface area contributed by atoms with E-state index in [1.54, 1.807) is 20.8 Å². The Labute approximate surface area is 152 Å². The van der Waals surface area contributed by atoms with Gasteiger partial charge >= 0.3 is 6.09 Å². The van der Waals surface area contributed by atoms with Crippen molar-refractivity contribution in [1.82, 2.24) is 10.2 Å². The van der Waals surface area contributed by atoms with Crippen LogP contribution >= 0.6 is 0 Å². The fourth-order valence-corrected chi connectivity index (χ4v) is 1.92. The van der Waals surface area contributed by atoms with Gasteiger partial charge in [0.05, 0.1) is 0 Å². The molecule has 0 aliphatic carbocycles. The number of nitrogens with two attached hydrogens (primary N) is 1. The Morgan fingerprint density at radius 3 is 2.04 bits per heavy atom. The highest BCUT2D eigenvalue weighted by Gasteiger charge is 2.32. The maximum absolute atomic E-state index is 11.9. The van der Waals surface area contributed by atoms with E-state index in [4.69, 9.17) is 10.5 Å². The molecule has 1 heterocycles. The van der Waals surface area contributed by atoms with Crippen molar-refractivity contribution in [3.8, 4) is 12.8 Å². The smallest absolute Gasteiger partial charge is 0.408 e. The molecule has 0 aromatic heterocycles. The first kappa shape index (κ1) is 27.6. The fourth-order valence-electron chi connectivity index (χ4n) is 1.92. The summed E-state index contributed by atoms with van der Waals surface area (Å²) < 4.78 is 5.01. The molecule has 3 amide bonds. The number of carbonyl (C=O) groups excluding carboxylic acids is 3. The molecule has 1 aliphatic heterocycles. The predicted molar refractivity (Wildman–Crippen MR) is 101 cm³/mol. The number of ether oxygens (including phenoxy) is 1. The van der Waals surface area contributed by atoms with E-state index in [9.17, 15) is 14.4 Å². The van der Waals surface area contributed by atoms with Crippen LogP contribution in [-0.2, 0) is 14.3 Å². The average Bonchev–Trinajstić information content (AvgIpc) is 3.07. The second-order valence-corrected chi connectivity index (χ2v) is 5.50. The molecule has 0 spiro atoms. The number of nitrogens with zero attached hydrogens (tertiary/aromatic N) is 1. The Balaban J connectivity index is -0.000000725. The van der Waals surface area contributed by atoms with E-state index in [1.807, 2.05) is 27.7 Å². The van der Waals surface area contributed by atoms with Gasteiger partial charge in [-0.15, -0.1) is 12.8 Å². The Morgan fingerprint density at radius 2 is 1.64 bits per heavy atom. The van der Waals surface area contributed by atoms with Crippen LogP contribution in [0.4, 0.5) is 4.79 Å². The molecular formula is C18H35N3O4. The van der Waals surface area contributed by atoms with Gasteiger partial charge in [0, 0.05) is 6.54 Å². The van der Waals surface area contributed by atoms with Gasteiger partial charge in [0.25, 0.3) is 0 Å². The summed E-state index contributed by atoms with van der Waals surface area (Å²) in [7, 11) is 0. The summed E-state index contributed by atoms with van der Waals surface area (Å²) in [5.74, 6) is -0.838. The highest BCUT2D eigenvalue weighted by atomic mass is 16.6. The Morgan fingerprint density at radius 1 is 1.16 bits per heavy atom. The van der Waals surface area contributed by atoms with Gasteiger partial charge in [-0.3, -0.25) is 9.59 Å². The molecule has 1 rings (SSSR count). The van der Waals surface area contributed by atoms with Crippen LogP contribution in [0.3, 0.4) is 0 Å². The van der Waals surface area contributed by atoms with E-state index >= 15 is 0 Å². The summed E-state index contributed by atoms with van der Waals surface area (Å²) in [4.78, 5) is 35.8. The third kappa shape index (κ3) is 12.8. The summed E-state index contributed by atoms with van der Waals surface area (Å²) in [5, 5.41) is 2.37. The Bertz CT molecular complexity index is 414. The number of likely N-dealkylation sites (tertiary alicyclic amines) is 1. The molecule has 1 fully saturated rings. The minimum absolute atomic E-state index is 0.196. The van der Waals surface area contributed by atoms with E-state index < -0.39 is 23.6 Å². The van der Waals surface area contributed by atoms with Crippen molar-refractivity contribution in [2.45, 2.75) is 73.0 Å². The summed E-state index contributed by atoms with van der Waals surface area (Å²) in [6, 6.07) is -0.562. The van der Waals surface area contributed by atoms with Gasteiger partial charge in [-0.05, 0) is 33.6 Å². The molecule has 0 aromatic carbocycles. The zero-order valence-corrected chi connectivity index (χ0v) is 16.7. The first-order chi connectivity index (χ1) is 11.7. The van der Waals surface area contributed by atoms with Gasteiger partial charge in [-0.25, -0.2) is 4.79 Å². The molecule has 0 radical (unpaired) electrons. The van der Waals surface area contributed by atoms with Gasteiger partial charge in [0.2, 0.25) is 11.8 Å².